The van der Waals surface area contributed by atoms with E-state index in [9.17, 15) is 0 Å². The molecule has 0 bridgehead atoms. The van der Waals surface area contributed by atoms with Crippen LogP contribution in [0.15, 0.2) is 103 Å². The molecule has 5 aromatic rings. The molecule has 56 heavy (non-hydrogen) atoms. The smallest absolute Gasteiger partial charge is 0.145 e. The van der Waals surface area contributed by atoms with Gasteiger partial charge in [0.15, 0.2) is 0 Å². The number of rotatable bonds is 0. The number of anilines is 5. The fourth-order valence-electron chi connectivity index (χ4n) is 6.39. The molecule has 296 valence electrons. The molecule has 10 nitrogen and oxygen atoms in total. The highest BCUT2D eigenvalue weighted by atomic mass is 16.5. The van der Waals surface area contributed by atoms with Crippen LogP contribution in [0.4, 0.5) is 28.4 Å². The van der Waals surface area contributed by atoms with Gasteiger partial charge in [0, 0.05) is 19.6 Å². The lowest BCUT2D eigenvalue weighted by atomic mass is 10.1. The van der Waals surface area contributed by atoms with Crippen LogP contribution in [-0.4, -0.2) is 64.2 Å². The van der Waals surface area contributed by atoms with Gasteiger partial charge in [0.1, 0.15) is 60.3 Å². The highest BCUT2D eigenvalue weighted by Crippen LogP contribution is 2.33. The Morgan fingerprint density at radius 3 is 1.88 bits per heavy atom. The molecule has 5 heterocycles. The predicted octanol–water partition coefficient (Wildman–Crippen LogP) is 9.55. The summed E-state index contributed by atoms with van der Waals surface area (Å²) in [5.74, 6) is 4.89. The summed E-state index contributed by atoms with van der Waals surface area (Å²) in [4.78, 5) is 0. The fourth-order valence-corrected chi connectivity index (χ4v) is 6.39. The molecule has 0 aliphatic carbocycles. The van der Waals surface area contributed by atoms with Crippen LogP contribution >= 0.6 is 0 Å². The number of benzene rings is 5. The number of ether oxygens (including phenoxy) is 5. The Balaban J connectivity index is 0.000000119. The van der Waals surface area contributed by atoms with Crippen molar-refractivity contribution in [1.82, 2.24) is 0 Å². The fraction of sp³-hybridized carbons (Fsp3) is 0.348. The van der Waals surface area contributed by atoms with Gasteiger partial charge in [-0.25, -0.2) is 0 Å². The first-order valence-corrected chi connectivity index (χ1v) is 19.6. The molecule has 1 unspecified atom stereocenters. The van der Waals surface area contributed by atoms with Crippen LogP contribution in [0.2, 0.25) is 0 Å². The second-order valence-corrected chi connectivity index (χ2v) is 14.8. The lowest BCUT2D eigenvalue weighted by molar-refractivity contribution is 0.116. The zero-order valence-electron chi connectivity index (χ0n) is 33.6. The number of para-hydroxylation sites is 5. The van der Waals surface area contributed by atoms with Gasteiger partial charge in [0.25, 0.3) is 0 Å². The van der Waals surface area contributed by atoms with Crippen molar-refractivity contribution in [2.45, 2.75) is 53.2 Å². The van der Waals surface area contributed by atoms with E-state index in [-0.39, 0.29) is 11.7 Å². The predicted molar refractivity (Wildman–Crippen MR) is 230 cm³/mol. The van der Waals surface area contributed by atoms with Crippen molar-refractivity contribution in [3.8, 4) is 28.7 Å². The molecule has 5 aliphatic rings. The number of aryl methyl sites for hydroxylation is 3. The molecule has 5 aromatic carbocycles. The maximum atomic E-state index is 5.76. The molecule has 0 amide bonds. The summed E-state index contributed by atoms with van der Waals surface area (Å²) in [6, 6.07) is 34.5. The standard InChI is InChI=1S/C10H13NO.4C9H11NO/c1-10(2)7-11-8-5-3-4-6-9(8)12-10;1-7-2-3-9-8(6-7)10-4-5-11-9;1-7-2-3-8-9(6-7)11-5-4-10-8;1-7-3-2-4-8-9(7)11-6-5-10-8;1-7-6-10-8-4-2-3-5-9(8)11-7/h3-6,11H,7H2,1-2H3;2*2-3,6,10H,4-5H2,1H3;2-4,10H,5-6H2,1H3;2-5,7,10H,6H2,1H3. The summed E-state index contributed by atoms with van der Waals surface area (Å²) in [5.41, 5.74) is 9.18. The topological polar surface area (TPSA) is 106 Å². The van der Waals surface area contributed by atoms with Crippen LogP contribution in [0.25, 0.3) is 0 Å². The molecule has 1 atom stereocenters. The molecule has 0 fully saturated rings. The van der Waals surface area contributed by atoms with Gasteiger partial charge in [0.2, 0.25) is 0 Å². The van der Waals surface area contributed by atoms with E-state index in [2.05, 4.69) is 105 Å². The van der Waals surface area contributed by atoms with E-state index in [4.69, 9.17) is 23.7 Å². The van der Waals surface area contributed by atoms with E-state index in [1.54, 1.807) is 0 Å². The van der Waals surface area contributed by atoms with E-state index < -0.39 is 0 Å². The Hall–Kier alpha value is -5.90. The van der Waals surface area contributed by atoms with E-state index in [0.29, 0.717) is 0 Å². The Kier molecular flexibility index (Phi) is 13.6. The van der Waals surface area contributed by atoms with Gasteiger partial charge in [-0.1, -0.05) is 48.5 Å². The molecule has 5 aliphatic heterocycles. The molecule has 10 heteroatoms. The van der Waals surface area contributed by atoms with Gasteiger partial charge < -0.3 is 50.3 Å². The van der Waals surface area contributed by atoms with Gasteiger partial charge in [-0.3, -0.25) is 0 Å². The van der Waals surface area contributed by atoms with E-state index in [0.717, 1.165) is 110 Å². The maximum Gasteiger partial charge on any atom is 0.145 e. The summed E-state index contributed by atoms with van der Waals surface area (Å²) in [5, 5.41) is 16.4. The zero-order chi connectivity index (χ0) is 39.3. The lowest BCUT2D eigenvalue weighted by Crippen LogP contribution is -2.39. The van der Waals surface area contributed by atoms with E-state index in [1.807, 2.05) is 66.7 Å². The number of hydrogen-bond acceptors (Lipinski definition) is 10. The third-order valence-electron chi connectivity index (χ3n) is 9.27. The molecule has 5 N–H and O–H groups in total. The van der Waals surface area contributed by atoms with Crippen molar-refractivity contribution in [3.05, 3.63) is 120 Å². The minimum Gasteiger partial charge on any atom is -0.490 e. The Morgan fingerprint density at radius 1 is 0.518 bits per heavy atom. The second kappa shape index (κ2) is 19.1. The van der Waals surface area contributed by atoms with Crippen molar-refractivity contribution < 1.29 is 23.7 Å². The quantitative estimate of drug-likeness (QED) is 0.105. The maximum absolute atomic E-state index is 5.76. The van der Waals surface area contributed by atoms with Gasteiger partial charge in [-0.05, 0) is 113 Å². The van der Waals surface area contributed by atoms with Crippen LogP contribution in [-0.2, 0) is 0 Å². The minimum absolute atomic E-state index is 0.0889. The third kappa shape index (κ3) is 11.3. The summed E-state index contributed by atoms with van der Waals surface area (Å²) in [7, 11) is 0. The molecular formula is C46H57N5O5. The van der Waals surface area contributed by atoms with Crippen LogP contribution in [0.5, 0.6) is 28.7 Å². The van der Waals surface area contributed by atoms with Crippen LogP contribution in [0, 0.1) is 20.8 Å². The highest BCUT2D eigenvalue weighted by Gasteiger charge is 2.25. The second-order valence-electron chi connectivity index (χ2n) is 14.8. The Morgan fingerprint density at radius 2 is 1.11 bits per heavy atom. The van der Waals surface area contributed by atoms with Crippen molar-refractivity contribution in [2.75, 3.05) is 79.1 Å². The van der Waals surface area contributed by atoms with Gasteiger partial charge in [-0.15, -0.1) is 0 Å². The summed E-state index contributed by atoms with van der Waals surface area (Å²) >= 11 is 0. The number of hydrogen-bond donors (Lipinski definition) is 5. The van der Waals surface area contributed by atoms with Crippen molar-refractivity contribution in [2.24, 2.45) is 0 Å². The van der Waals surface area contributed by atoms with Gasteiger partial charge >= 0.3 is 0 Å². The van der Waals surface area contributed by atoms with E-state index >= 15 is 0 Å². The molecule has 0 spiro atoms. The summed E-state index contributed by atoms with van der Waals surface area (Å²) < 4.78 is 27.7. The first-order valence-electron chi connectivity index (χ1n) is 19.6. The molecule has 0 saturated heterocycles. The number of nitrogens with one attached hydrogen (secondary N) is 5. The largest absolute Gasteiger partial charge is 0.490 e. The Labute approximate surface area is 332 Å². The zero-order valence-corrected chi connectivity index (χ0v) is 33.6. The lowest BCUT2D eigenvalue weighted by Gasteiger charge is -2.33. The molecular weight excluding hydrogens is 703 g/mol. The average molecular weight is 760 g/mol. The minimum atomic E-state index is -0.0889. The van der Waals surface area contributed by atoms with Crippen LogP contribution < -0.4 is 50.3 Å². The highest BCUT2D eigenvalue weighted by molar-refractivity contribution is 5.62. The number of fused-ring (bicyclic) bond motifs is 5. The molecule has 10 rings (SSSR count). The first kappa shape index (κ1) is 39.8. The van der Waals surface area contributed by atoms with Crippen LogP contribution in [0.3, 0.4) is 0 Å². The normalized spacial score (nSPS) is 16.9. The summed E-state index contributed by atoms with van der Waals surface area (Å²) in [6.45, 7) is 19.3. The first-order chi connectivity index (χ1) is 27.1. The molecule has 0 aromatic heterocycles. The average Bonchev–Trinajstić information content (AvgIpc) is 3.21. The van der Waals surface area contributed by atoms with E-state index in [1.165, 1.54) is 16.7 Å². The van der Waals surface area contributed by atoms with Gasteiger partial charge in [0.05, 0.1) is 41.5 Å². The third-order valence-corrected chi connectivity index (χ3v) is 9.27. The van der Waals surface area contributed by atoms with Crippen molar-refractivity contribution in [3.63, 3.8) is 0 Å². The van der Waals surface area contributed by atoms with Crippen molar-refractivity contribution >= 4 is 28.4 Å². The Bertz CT molecular complexity index is 1980. The van der Waals surface area contributed by atoms with Crippen LogP contribution in [0.1, 0.15) is 37.5 Å². The SMILES string of the molecule is CC1(C)CNc2ccccc2O1.CC1CNc2ccccc2O1.Cc1ccc2c(c1)NCCO2.Cc1ccc2c(c1)OCCN2.Cc1cccc2c1OCCN2. The van der Waals surface area contributed by atoms with Crippen molar-refractivity contribution in [1.29, 1.82) is 0 Å². The summed E-state index contributed by atoms with van der Waals surface area (Å²) in [6.07, 6.45) is 0.282. The molecule has 0 radical (unpaired) electrons. The monoisotopic (exact) mass is 759 g/mol. The van der Waals surface area contributed by atoms with Gasteiger partial charge in [-0.2, -0.15) is 0 Å². The molecule has 0 saturated carbocycles.